The maximum Gasteiger partial charge on any atom is 0.357 e. The van der Waals surface area contributed by atoms with Crippen molar-refractivity contribution in [3.63, 3.8) is 0 Å². The number of carbonyl (C=O) groups is 1. The number of carbonyl (C=O) groups excluding carboxylic acids is 1. The molecule has 0 saturated heterocycles. The van der Waals surface area contributed by atoms with E-state index < -0.39 is 5.97 Å². The molecule has 0 bridgehead atoms. The molecular weight excluding hydrogens is 376 g/mol. The van der Waals surface area contributed by atoms with Crippen LogP contribution >= 0.6 is 0 Å². The highest BCUT2D eigenvalue weighted by Crippen LogP contribution is 2.29. The van der Waals surface area contributed by atoms with E-state index in [9.17, 15) is 4.79 Å². The van der Waals surface area contributed by atoms with Crippen LogP contribution in [-0.4, -0.2) is 18.8 Å². The minimum atomic E-state index is -0.411. The van der Waals surface area contributed by atoms with E-state index in [4.69, 9.17) is 14.5 Å². The monoisotopic (exact) mass is 396 g/mol. The van der Waals surface area contributed by atoms with Crippen LogP contribution in [0.15, 0.2) is 64.6 Å². The highest BCUT2D eigenvalue weighted by Gasteiger charge is 2.25. The van der Waals surface area contributed by atoms with Gasteiger partial charge in [0.1, 0.15) is 12.4 Å². The van der Waals surface area contributed by atoms with Gasteiger partial charge in [-0.2, -0.15) is 0 Å². The van der Waals surface area contributed by atoms with Gasteiger partial charge in [0.15, 0.2) is 5.71 Å². The fraction of sp³-hybridized carbons (Fsp3) is 0.160. The first-order chi connectivity index (χ1) is 14.6. The molecule has 0 atom stereocenters. The summed E-state index contributed by atoms with van der Waals surface area (Å²) in [6.45, 7) is 4.17. The average molecular weight is 396 g/mol. The van der Waals surface area contributed by atoms with E-state index in [0.717, 1.165) is 54.8 Å². The molecule has 0 amide bonds. The summed E-state index contributed by atoms with van der Waals surface area (Å²) in [4.78, 5) is 22.2. The zero-order valence-corrected chi connectivity index (χ0v) is 17.0. The molecule has 0 saturated carbocycles. The SMILES string of the molecule is COc1ccc2c(c1)=c1cc3c(c(C)c1N=2)=C(C)C(C(=O)OCc1ccccc1)=N3. The molecule has 5 rings (SSSR count). The maximum absolute atomic E-state index is 12.7. The standard InChI is InChI=1S/C25H20N2O3/c1-14-22-15(2)24(25(28)30-13-16-7-5-4-6-8-16)27-21(22)12-19-18-11-17(29-3)9-10-20(18)26-23(14)19/h4-12H,13H2,1-3H3. The normalized spacial score (nSPS) is 13.2. The Labute approximate surface area is 173 Å². The number of nitrogens with zero attached hydrogens (tertiary/aromatic N) is 2. The summed E-state index contributed by atoms with van der Waals surface area (Å²) in [6, 6.07) is 17.5. The summed E-state index contributed by atoms with van der Waals surface area (Å²) in [7, 11) is 1.65. The molecule has 2 aliphatic heterocycles. The molecule has 30 heavy (non-hydrogen) atoms. The Hall–Kier alpha value is -3.73. The fourth-order valence-corrected chi connectivity index (χ4v) is 4.09. The van der Waals surface area contributed by atoms with Crippen molar-refractivity contribution in [1.82, 2.24) is 0 Å². The van der Waals surface area contributed by atoms with Gasteiger partial charge >= 0.3 is 5.97 Å². The quantitative estimate of drug-likeness (QED) is 0.496. The number of esters is 1. The molecule has 3 aromatic carbocycles. The van der Waals surface area contributed by atoms with Gasteiger partial charge in [-0.15, -0.1) is 0 Å². The van der Waals surface area contributed by atoms with Gasteiger partial charge in [0.25, 0.3) is 0 Å². The van der Waals surface area contributed by atoms with Gasteiger partial charge in [-0.05, 0) is 54.8 Å². The van der Waals surface area contributed by atoms with E-state index >= 15 is 0 Å². The van der Waals surface area contributed by atoms with Crippen LogP contribution < -0.4 is 15.3 Å². The number of ether oxygens (including phenoxy) is 2. The van der Waals surface area contributed by atoms with E-state index in [1.54, 1.807) is 7.11 Å². The van der Waals surface area contributed by atoms with Crippen LogP contribution in [0, 0.1) is 17.4 Å². The van der Waals surface area contributed by atoms with Gasteiger partial charge in [-0.3, -0.25) is 0 Å². The molecule has 148 valence electrons. The number of aliphatic imine (C=N–C) groups is 1. The van der Waals surface area contributed by atoms with Gasteiger partial charge in [0, 0.05) is 15.7 Å². The third-order valence-electron chi connectivity index (χ3n) is 5.62. The summed E-state index contributed by atoms with van der Waals surface area (Å²) >= 11 is 0. The minimum absolute atomic E-state index is 0.223. The Bertz CT molecular complexity index is 1450. The van der Waals surface area contributed by atoms with Gasteiger partial charge in [0.05, 0.1) is 23.8 Å². The lowest BCUT2D eigenvalue weighted by molar-refractivity contribution is -0.136. The highest BCUT2D eigenvalue weighted by atomic mass is 16.5. The molecule has 0 aliphatic carbocycles. The third-order valence-corrected chi connectivity index (χ3v) is 5.62. The van der Waals surface area contributed by atoms with Crippen LogP contribution in [0.5, 0.6) is 5.75 Å². The van der Waals surface area contributed by atoms with E-state index in [1.807, 2.05) is 68.4 Å². The van der Waals surface area contributed by atoms with Crippen molar-refractivity contribution in [2.45, 2.75) is 20.5 Å². The number of fused-ring (bicyclic) bond motifs is 3. The Balaban J connectivity index is 1.58. The summed E-state index contributed by atoms with van der Waals surface area (Å²) in [5, 5.41) is 3.91. The summed E-state index contributed by atoms with van der Waals surface area (Å²) in [6.07, 6.45) is 0. The van der Waals surface area contributed by atoms with E-state index in [2.05, 4.69) is 4.99 Å². The lowest BCUT2D eigenvalue weighted by Crippen LogP contribution is -2.19. The van der Waals surface area contributed by atoms with E-state index in [1.165, 1.54) is 0 Å². The number of methoxy groups -OCH3 is 1. The van der Waals surface area contributed by atoms with Crippen LogP contribution in [0.4, 0.5) is 11.4 Å². The van der Waals surface area contributed by atoms with Gasteiger partial charge < -0.3 is 9.47 Å². The second-order valence-corrected chi connectivity index (χ2v) is 7.43. The second kappa shape index (κ2) is 6.95. The smallest absolute Gasteiger partial charge is 0.357 e. The molecule has 0 radical (unpaired) electrons. The first kappa shape index (κ1) is 18.3. The number of rotatable bonds is 4. The lowest BCUT2D eigenvalue weighted by atomic mass is 10.0. The first-order valence-electron chi connectivity index (χ1n) is 9.78. The Morgan fingerprint density at radius 1 is 0.967 bits per heavy atom. The number of hydrogen-bond donors (Lipinski definition) is 0. The van der Waals surface area contributed by atoms with Crippen LogP contribution in [0.25, 0.3) is 5.57 Å². The van der Waals surface area contributed by atoms with Crippen molar-refractivity contribution < 1.29 is 14.3 Å². The van der Waals surface area contributed by atoms with Crippen molar-refractivity contribution in [2.24, 2.45) is 9.98 Å². The lowest BCUT2D eigenvalue weighted by Gasteiger charge is -2.05. The molecule has 0 unspecified atom stereocenters. The molecular formula is C25H20N2O3. The topological polar surface area (TPSA) is 60.2 Å². The Morgan fingerprint density at radius 3 is 2.53 bits per heavy atom. The molecule has 2 heterocycles. The van der Waals surface area contributed by atoms with Crippen molar-refractivity contribution in [3.8, 4) is 5.75 Å². The number of hydrogen-bond acceptors (Lipinski definition) is 5. The molecule has 3 aromatic rings. The minimum Gasteiger partial charge on any atom is -0.497 e. The summed E-state index contributed by atoms with van der Waals surface area (Å²) < 4.78 is 10.9. The van der Waals surface area contributed by atoms with Crippen molar-refractivity contribution in [3.05, 3.63) is 86.7 Å². The average Bonchev–Trinajstić information content (AvgIpc) is 3.31. The Kier molecular flexibility index (Phi) is 4.24. The van der Waals surface area contributed by atoms with Crippen LogP contribution in [0.2, 0.25) is 0 Å². The molecule has 5 nitrogen and oxygen atoms in total. The first-order valence-corrected chi connectivity index (χ1v) is 9.78. The zero-order chi connectivity index (χ0) is 20.8. The van der Waals surface area contributed by atoms with Gasteiger partial charge in [-0.25, -0.2) is 14.8 Å². The van der Waals surface area contributed by atoms with Crippen LogP contribution in [-0.2, 0) is 16.1 Å². The number of benzene rings is 3. The molecule has 0 N–H and O–H groups in total. The summed E-state index contributed by atoms with van der Waals surface area (Å²) in [5.41, 5.74) is 4.85. The third kappa shape index (κ3) is 2.82. The second-order valence-electron chi connectivity index (χ2n) is 7.43. The van der Waals surface area contributed by atoms with E-state index in [-0.39, 0.29) is 6.61 Å². The van der Waals surface area contributed by atoms with Crippen LogP contribution in [0.3, 0.4) is 0 Å². The molecule has 0 spiro atoms. The van der Waals surface area contributed by atoms with Gasteiger partial charge in [0.2, 0.25) is 0 Å². The molecule has 0 fully saturated rings. The van der Waals surface area contributed by atoms with Gasteiger partial charge in [-0.1, -0.05) is 30.3 Å². The fourth-order valence-electron chi connectivity index (χ4n) is 4.09. The van der Waals surface area contributed by atoms with Crippen molar-refractivity contribution in [1.29, 1.82) is 0 Å². The van der Waals surface area contributed by atoms with Crippen molar-refractivity contribution in [2.75, 3.05) is 7.11 Å². The Morgan fingerprint density at radius 2 is 1.77 bits per heavy atom. The largest absolute Gasteiger partial charge is 0.497 e. The predicted molar refractivity (Wildman–Crippen MR) is 115 cm³/mol. The molecule has 5 heteroatoms. The zero-order valence-electron chi connectivity index (χ0n) is 17.0. The van der Waals surface area contributed by atoms with E-state index in [0.29, 0.717) is 5.71 Å². The maximum atomic E-state index is 12.7. The predicted octanol–water partition coefficient (Wildman–Crippen LogP) is 3.56. The van der Waals surface area contributed by atoms with Crippen LogP contribution in [0.1, 0.15) is 18.1 Å². The molecule has 0 aromatic heterocycles. The van der Waals surface area contributed by atoms with Crippen molar-refractivity contribution >= 4 is 28.6 Å². The highest BCUT2D eigenvalue weighted by molar-refractivity contribution is 6.53. The summed E-state index contributed by atoms with van der Waals surface area (Å²) in [5.74, 6) is 0.373. The molecule has 2 aliphatic rings.